The van der Waals surface area contributed by atoms with Crippen LogP contribution in [0, 0.1) is 5.92 Å². The molecule has 3 N–H and O–H groups in total. The summed E-state index contributed by atoms with van der Waals surface area (Å²) in [6.45, 7) is 9.36. The predicted octanol–water partition coefficient (Wildman–Crippen LogP) is 2.03. The second kappa shape index (κ2) is 5.33. The van der Waals surface area contributed by atoms with Crippen molar-refractivity contribution in [3.63, 3.8) is 0 Å². The number of nitrogens with one attached hydrogen (secondary N) is 3. The van der Waals surface area contributed by atoms with E-state index in [0.29, 0.717) is 11.9 Å². The molecule has 0 saturated carbocycles. The summed E-state index contributed by atoms with van der Waals surface area (Å²) >= 11 is 0. The molecule has 1 amide bonds. The highest BCUT2D eigenvalue weighted by molar-refractivity contribution is 5.91. The van der Waals surface area contributed by atoms with Gasteiger partial charge in [-0.3, -0.25) is 9.89 Å². The lowest BCUT2D eigenvalue weighted by Crippen LogP contribution is -2.40. The number of aromatic nitrogens is 2. The smallest absolute Gasteiger partial charge is 0.228 e. The molecule has 0 spiro atoms. The fourth-order valence-electron chi connectivity index (χ4n) is 2.37. The van der Waals surface area contributed by atoms with Crippen molar-refractivity contribution < 1.29 is 4.79 Å². The zero-order valence-electron chi connectivity index (χ0n) is 12.2. The fourth-order valence-corrected chi connectivity index (χ4v) is 2.37. The number of carbonyl (C=O) groups excluding carboxylic acids is 1. The lowest BCUT2D eigenvalue weighted by Gasteiger charge is -2.26. The van der Waals surface area contributed by atoms with Gasteiger partial charge in [-0.2, -0.15) is 5.10 Å². The third-order valence-electron chi connectivity index (χ3n) is 3.63. The Morgan fingerprint density at radius 1 is 1.47 bits per heavy atom. The van der Waals surface area contributed by atoms with Gasteiger partial charge in [0.25, 0.3) is 0 Å². The molecule has 1 aliphatic rings. The normalized spacial score (nSPS) is 24.2. The van der Waals surface area contributed by atoms with E-state index in [9.17, 15) is 4.79 Å². The minimum atomic E-state index is 0.0131. The maximum atomic E-state index is 12.2. The molecular formula is C14H24N4O. The fraction of sp³-hybridized carbons (Fsp3) is 0.714. The summed E-state index contributed by atoms with van der Waals surface area (Å²) in [6.07, 6.45) is 1.79. The minimum Gasteiger partial charge on any atom is -0.314 e. The highest BCUT2D eigenvalue weighted by Gasteiger charge is 2.25. The van der Waals surface area contributed by atoms with Gasteiger partial charge < -0.3 is 10.6 Å². The summed E-state index contributed by atoms with van der Waals surface area (Å²) in [4.78, 5) is 12.2. The van der Waals surface area contributed by atoms with E-state index in [2.05, 4.69) is 48.5 Å². The van der Waals surface area contributed by atoms with Gasteiger partial charge in [0.2, 0.25) is 5.91 Å². The first kappa shape index (κ1) is 14.1. The van der Waals surface area contributed by atoms with Crippen molar-refractivity contribution in [1.29, 1.82) is 0 Å². The number of H-pyrrole nitrogens is 1. The van der Waals surface area contributed by atoms with Crippen LogP contribution in [0.1, 0.15) is 46.2 Å². The van der Waals surface area contributed by atoms with Crippen molar-refractivity contribution in [3.05, 3.63) is 11.8 Å². The van der Waals surface area contributed by atoms with Gasteiger partial charge in [0.1, 0.15) is 0 Å². The van der Waals surface area contributed by atoms with Crippen molar-refractivity contribution in [2.45, 2.75) is 52.0 Å². The van der Waals surface area contributed by atoms with Crippen LogP contribution < -0.4 is 10.6 Å². The molecule has 106 valence electrons. The van der Waals surface area contributed by atoms with Crippen LogP contribution >= 0.6 is 0 Å². The standard InChI is InChI=1S/C14H24N4O/c1-9-7-10(5-6-15-9)13(19)16-12-8-11(17-18-12)14(2,3)4/h8-10,15H,5-7H2,1-4H3,(H2,16,17,18,19). The molecule has 0 radical (unpaired) electrons. The molecule has 2 rings (SSSR count). The molecule has 1 aromatic heterocycles. The Labute approximate surface area is 114 Å². The summed E-state index contributed by atoms with van der Waals surface area (Å²) in [5, 5.41) is 13.4. The van der Waals surface area contributed by atoms with Gasteiger partial charge in [-0.15, -0.1) is 0 Å². The van der Waals surface area contributed by atoms with Gasteiger partial charge in [0.15, 0.2) is 5.82 Å². The SMILES string of the molecule is CC1CC(C(=O)Nc2cc(C(C)(C)C)[nH]n2)CCN1. The average molecular weight is 264 g/mol. The predicted molar refractivity (Wildman–Crippen MR) is 76.1 cm³/mol. The van der Waals surface area contributed by atoms with E-state index < -0.39 is 0 Å². The number of aromatic amines is 1. The van der Waals surface area contributed by atoms with Crippen LogP contribution in [0.15, 0.2) is 6.07 Å². The van der Waals surface area contributed by atoms with E-state index in [1.54, 1.807) is 0 Å². The molecule has 5 heteroatoms. The van der Waals surface area contributed by atoms with Gasteiger partial charge >= 0.3 is 0 Å². The number of anilines is 1. The summed E-state index contributed by atoms with van der Waals surface area (Å²) in [5.41, 5.74) is 1.04. The second-order valence-corrected chi connectivity index (χ2v) is 6.48. The Morgan fingerprint density at radius 2 is 2.21 bits per heavy atom. The molecule has 0 aliphatic carbocycles. The summed E-state index contributed by atoms with van der Waals surface area (Å²) in [7, 11) is 0. The number of hydrogen-bond acceptors (Lipinski definition) is 3. The molecular weight excluding hydrogens is 240 g/mol. The molecule has 1 fully saturated rings. The van der Waals surface area contributed by atoms with Gasteiger partial charge in [-0.25, -0.2) is 0 Å². The third kappa shape index (κ3) is 3.56. The van der Waals surface area contributed by atoms with E-state index in [0.717, 1.165) is 25.1 Å². The number of piperidine rings is 1. The van der Waals surface area contributed by atoms with E-state index >= 15 is 0 Å². The summed E-state index contributed by atoms with van der Waals surface area (Å²) < 4.78 is 0. The van der Waals surface area contributed by atoms with Crippen LogP contribution in [-0.4, -0.2) is 28.7 Å². The number of amides is 1. The highest BCUT2D eigenvalue weighted by Crippen LogP contribution is 2.23. The van der Waals surface area contributed by atoms with Crippen LogP contribution in [-0.2, 0) is 10.2 Å². The monoisotopic (exact) mass is 264 g/mol. The summed E-state index contributed by atoms with van der Waals surface area (Å²) in [5.74, 6) is 0.799. The molecule has 19 heavy (non-hydrogen) atoms. The van der Waals surface area contributed by atoms with Crippen LogP contribution in [0.2, 0.25) is 0 Å². The Morgan fingerprint density at radius 3 is 2.79 bits per heavy atom. The van der Waals surface area contributed by atoms with Crippen molar-refractivity contribution >= 4 is 11.7 Å². The molecule has 0 aromatic carbocycles. The lowest BCUT2D eigenvalue weighted by molar-refractivity contribution is -0.120. The topological polar surface area (TPSA) is 69.8 Å². The molecule has 2 heterocycles. The molecule has 1 saturated heterocycles. The van der Waals surface area contributed by atoms with Gasteiger partial charge in [0.05, 0.1) is 0 Å². The maximum Gasteiger partial charge on any atom is 0.228 e. The zero-order valence-corrected chi connectivity index (χ0v) is 12.2. The summed E-state index contributed by atoms with van der Waals surface area (Å²) in [6, 6.07) is 2.33. The number of carbonyl (C=O) groups is 1. The molecule has 2 atom stereocenters. The molecule has 0 bridgehead atoms. The zero-order chi connectivity index (χ0) is 14.0. The van der Waals surface area contributed by atoms with Crippen molar-refractivity contribution in [3.8, 4) is 0 Å². The first-order chi connectivity index (χ1) is 8.86. The van der Waals surface area contributed by atoms with E-state index in [1.165, 1.54) is 0 Å². The highest BCUT2D eigenvalue weighted by atomic mass is 16.2. The number of hydrogen-bond donors (Lipinski definition) is 3. The quantitative estimate of drug-likeness (QED) is 0.765. The van der Waals surface area contributed by atoms with Crippen LogP contribution in [0.3, 0.4) is 0 Å². The molecule has 2 unspecified atom stereocenters. The largest absolute Gasteiger partial charge is 0.314 e. The van der Waals surface area contributed by atoms with Crippen molar-refractivity contribution in [1.82, 2.24) is 15.5 Å². The van der Waals surface area contributed by atoms with Gasteiger partial charge in [0, 0.05) is 29.1 Å². The van der Waals surface area contributed by atoms with Crippen molar-refractivity contribution in [2.75, 3.05) is 11.9 Å². The number of nitrogens with zero attached hydrogens (tertiary/aromatic N) is 1. The first-order valence-electron chi connectivity index (χ1n) is 6.96. The Balaban J connectivity index is 1.97. The Kier molecular flexibility index (Phi) is 3.94. The van der Waals surface area contributed by atoms with E-state index in [-0.39, 0.29) is 17.2 Å². The van der Waals surface area contributed by atoms with Gasteiger partial charge in [-0.1, -0.05) is 20.8 Å². The number of rotatable bonds is 2. The molecule has 1 aliphatic heterocycles. The van der Waals surface area contributed by atoms with E-state index in [1.807, 2.05) is 6.07 Å². The van der Waals surface area contributed by atoms with E-state index in [4.69, 9.17) is 0 Å². The lowest BCUT2D eigenvalue weighted by atomic mass is 9.92. The van der Waals surface area contributed by atoms with Crippen molar-refractivity contribution in [2.24, 2.45) is 5.92 Å². The minimum absolute atomic E-state index is 0.0131. The van der Waals surface area contributed by atoms with Crippen LogP contribution in [0.4, 0.5) is 5.82 Å². The Bertz CT molecular complexity index is 447. The first-order valence-corrected chi connectivity index (χ1v) is 6.96. The van der Waals surface area contributed by atoms with Gasteiger partial charge in [-0.05, 0) is 26.3 Å². The molecule has 5 nitrogen and oxygen atoms in total. The van der Waals surface area contributed by atoms with Crippen LogP contribution in [0.25, 0.3) is 0 Å². The maximum absolute atomic E-state index is 12.2. The Hall–Kier alpha value is -1.36. The average Bonchev–Trinajstić information content (AvgIpc) is 2.77. The second-order valence-electron chi connectivity index (χ2n) is 6.48. The van der Waals surface area contributed by atoms with Crippen LogP contribution in [0.5, 0.6) is 0 Å². The molecule has 1 aromatic rings. The third-order valence-corrected chi connectivity index (χ3v) is 3.63.